The molecule has 0 aliphatic carbocycles. The van der Waals surface area contributed by atoms with E-state index in [1.807, 2.05) is 0 Å². The number of nitrogens with one attached hydrogen (secondary N) is 2. The molecule has 2 N–H and O–H groups in total. The summed E-state index contributed by atoms with van der Waals surface area (Å²) >= 11 is 12.9. The van der Waals surface area contributed by atoms with Gasteiger partial charge in [0.05, 0.1) is 28.5 Å². The van der Waals surface area contributed by atoms with Crippen molar-refractivity contribution < 1.29 is 19.1 Å². The Balaban J connectivity index is 1.69. The Labute approximate surface area is 212 Å². The number of carbonyl (C=O) groups is 2. The summed E-state index contributed by atoms with van der Waals surface area (Å²) in [6, 6.07) is 17.1. The van der Waals surface area contributed by atoms with Crippen LogP contribution in [0.5, 0.6) is 11.5 Å². The normalized spacial score (nSPS) is 10.7. The van der Waals surface area contributed by atoms with Crippen LogP contribution < -0.4 is 20.2 Å². The van der Waals surface area contributed by atoms with Gasteiger partial charge in [0.1, 0.15) is 11.5 Å². The molecule has 3 aromatic carbocycles. The van der Waals surface area contributed by atoms with Gasteiger partial charge >= 0.3 is 0 Å². The fraction of sp³-hybridized carbons (Fsp3) is 0.0870. The van der Waals surface area contributed by atoms with Crippen molar-refractivity contribution in [1.82, 2.24) is 5.43 Å². The maximum Gasteiger partial charge on any atom is 0.271 e. The third-order valence-electron chi connectivity index (χ3n) is 4.23. The zero-order valence-corrected chi connectivity index (χ0v) is 21.2. The molecule has 0 heterocycles. The van der Waals surface area contributed by atoms with Gasteiger partial charge in [-0.15, -0.1) is 0 Å². The van der Waals surface area contributed by atoms with Gasteiger partial charge in [-0.2, -0.15) is 5.10 Å². The van der Waals surface area contributed by atoms with Crippen molar-refractivity contribution in [2.45, 2.75) is 0 Å². The molecular formula is C23H18Br2ClN3O4. The lowest BCUT2D eigenvalue weighted by Crippen LogP contribution is -2.21. The monoisotopic (exact) mass is 593 g/mol. The lowest BCUT2D eigenvalue weighted by molar-refractivity contribution is -0.118. The summed E-state index contributed by atoms with van der Waals surface area (Å²) in [7, 11) is 1.52. The van der Waals surface area contributed by atoms with Gasteiger partial charge in [0, 0.05) is 15.6 Å². The molecule has 0 bridgehead atoms. The van der Waals surface area contributed by atoms with Gasteiger partial charge in [0.25, 0.3) is 11.8 Å². The Hall–Kier alpha value is -2.88. The molecule has 0 spiro atoms. The summed E-state index contributed by atoms with van der Waals surface area (Å²) in [5.41, 5.74) is 3.89. The summed E-state index contributed by atoms with van der Waals surface area (Å²) in [5.74, 6) is 0.160. The van der Waals surface area contributed by atoms with Crippen LogP contribution in [0.25, 0.3) is 0 Å². The fourth-order valence-electron chi connectivity index (χ4n) is 2.70. The molecule has 33 heavy (non-hydrogen) atoms. The molecule has 2 amide bonds. The number of nitrogens with zero attached hydrogens (tertiary/aromatic N) is 1. The predicted octanol–water partition coefficient (Wildman–Crippen LogP) is 5.66. The Morgan fingerprint density at radius 3 is 2.64 bits per heavy atom. The maximum absolute atomic E-state index is 12.3. The number of benzene rings is 3. The molecule has 0 radical (unpaired) electrons. The Morgan fingerprint density at radius 2 is 1.88 bits per heavy atom. The van der Waals surface area contributed by atoms with Crippen molar-refractivity contribution in [3.05, 3.63) is 85.8 Å². The summed E-state index contributed by atoms with van der Waals surface area (Å²) in [6.07, 6.45) is 1.43. The smallest absolute Gasteiger partial charge is 0.271 e. The highest BCUT2D eigenvalue weighted by Crippen LogP contribution is 2.32. The summed E-state index contributed by atoms with van der Waals surface area (Å²) < 4.78 is 12.2. The van der Waals surface area contributed by atoms with E-state index in [0.717, 1.165) is 4.47 Å². The minimum absolute atomic E-state index is 0.261. The number of hydrazone groups is 1. The second-order valence-electron chi connectivity index (χ2n) is 6.55. The summed E-state index contributed by atoms with van der Waals surface area (Å²) in [6.45, 7) is -0.261. The first-order valence-corrected chi connectivity index (χ1v) is 11.5. The van der Waals surface area contributed by atoms with Gasteiger partial charge in [-0.05, 0) is 58.4 Å². The van der Waals surface area contributed by atoms with Crippen LogP contribution in [0.2, 0.25) is 5.02 Å². The molecule has 0 aliphatic rings. The van der Waals surface area contributed by atoms with Crippen molar-refractivity contribution in [1.29, 1.82) is 0 Å². The topological polar surface area (TPSA) is 89.0 Å². The van der Waals surface area contributed by atoms with E-state index in [2.05, 4.69) is 47.7 Å². The number of carbonyl (C=O) groups excluding carboxylic acids is 2. The predicted molar refractivity (Wildman–Crippen MR) is 135 cm³/mol. The number of amides is 2. The minimum atomic E-state index is -0.402. The first kappa shape index (κ1) is 24.8. The van der Waals surface area contributed by atoms with E-state index in [0.29, 0.717) is 37.8 Å². The highest BCUT2D eigenvalue weighted by atomic mass is 79.9. The van der Waals surface area contributed by atoms with E-state index < -0.39 is 5.91 Å². The van der Waals surface area contributed by atoms with Crippen LogP contribution in [0, 0.1) is 0 Å². The standard InChI is InChI=1S/C23H18Br2ClN3O4/c1-32-17-6-4-5-14(10-17)23(31)29-27-12-15-9-16(24)11-18(25)22(15)33-13-21(30)28-20-8-3-2-7-19(20)26/h2-12H,13H2,1H3,(H,28,30)(H,29,31)/b27-12+. The zero-order valence-electron chi connectivity index (χ0n) is 17.3. The molecule has 0 aliphatic heterocycles. The average molecular weight is 596 g/mol. The number of para-hydroxylation sites is 1. The van der Waals surface area contributed by atoms with Gasteiger partial charge in [0.15, 0.2) is 6.61 Å². The highest BCUT2D eigenvalue weighted by Gasteiger charge is 2.13. The first-order chi connectivity index (χ1) is 15.9. The second-order valence-corrected chi connectivity index (χ2v) is 8.73. The van der Waals surface area contributed by atoms with E-state index in [9.17, 15) is 9.59 Å². The molecule has 3 aromatic rings. The summed E-state index contributed by atoms with van der Waals surface area (Å²) in [4.78, 5) is 24.7. The van der Waals surface area contributed by atoms with Crippen LogP contribution in [0.4, 0.5) is 5.69 Å². The van der Waals surface area contributed by atoms with Crippen LogP contribution in [0.15, 0.2) is 74.7 Å². The first-order valence-electron chi connectivity index (χ1n) is 9.51. The number of anilines is 1. The van der Waals surface area contributed by atoms with Crippen molar-refractivity contribution in [3.8, 4) is 11.5 Å². The summed E-state index contributed by atoms with van der Waals surface area (Å²) in [5, 5.41) is 7.14. The number of hydrogen-bond donors (Lipinski definition) is 2. The minimum Gasteiger partial charge on any atom is -0.497 e. The molecule has 170 valence electrons. The van der Waals surface area contributed by atoms with Crippen LogP contribution >= 0.6 is 43.5 Å². The zero-order chi connectivity index (χ0) is 23.8. The maximum atomic E-state index is 12.3. The molecule has 0 saturated carbocycles. The number of rotatable bonds is 8. The molecule has 0 atom stereocenters. The number of halogens is 3. The fourth-order valence-corrected chi connectivity index (χ4v) is 4.26. The number of hydrogen-bond acceptors (Lipinski definition) is 5. The van der Waals surface area contributed by atoms with E-state index in [1.54, 1.807) is 60.7 Å². The molecule has 10 heteroatoms. The van der Waals surface area contributed by atoms with E-state index in [4.69, 9.17) is 21.1 Å². The van der Waals surface area contributed by atoms with Crippen LogP contribution in [0.3, 0.4) is 0 Å². The molecule has 7 nitrogen and oxygen atoms in total. The van der Waals surface area contributed by atoms with Gasteiger partial charge in [-0.3, -0.25) is 9.59 Å². The number of methoxy groups -OCH3 is 1. The van der Waals surface area contributed by atoms with Crippen molar-refractivity contribution in [2.75, 3.05) is 19.0 Å². The molecule has 3 rings (SSSR count). The van der Waals surface area contributed by atoms with Crippen molar-refractivity contribution in [2.24, 2.45) is 5.10 Å². The Morgan fingerprint density at radius 1 is 1.09 bits per heavy atom. The van der Waals surface area contributed by atoms with Crippen molar-refractivity contribution >= 4 is 67.2 Å². The quantitative estimate of drug-likeness (QED) is 0.260. The van der Waals surface area contributed by atoms with Gasteiger partial charge in [0.2, 0.25) is 0 Å². The van der Waals surface area contributed by atoms with E-state index >= 15 is 0 Å². The van der Waals surface area contributed by atoms with Gasteiger partial charge in [-0.25, -0.2) is 5.43 Å². The third-order valence-corrected chi connectivity index (χ3v) is 5.61. The van der Waals surface area contributed by atoms with E-state index in [1.165, 1.54) is 13.3 Å². The van der Waals surface area contributed by atoms with Gasteiger partial charge in [-0.1, -0.05) is 45.7 Å². The van der Waals surface area contributed by atoms with E-state index in [-0.39, 0.29) is 12.5 Å². The molecule has 0 saturated heterocycles. The largest absolute Gasteiger partial charge is 0.497 e. The molecular weight excluding hydrogens is 578 g/mol. The van der Waals surface area contributed by atoms with Crippen molar-refractivity contribution in [3.63, 3.8) is 0 Å². The Bertz CT molecular complexity index is 1200. The lowest BCUT2D eigenvalue weighted by Gasteiger charge is -2.12. The lowest BCUT2D eigenvalue weighted by atomic mass is 10.2. The third kappa shape index (κ3) is 7.05. The SMILES string of the molecule is COc1cccc(C(=O)N/N=C/c2cc(Br)cc(Br)c2OCC(=O)Nc2ccccc2Cl)c1. The van der Waals surface area contributed by atoms with Gasteiger partial charge < -0.3 is 14.8 Å². The second kappa shape index (κ2) is 11.8. The molecule has 0 unspecified atom stereocenters. The van der Waals surface area contributed by atoms with Crippen LogP contribution in [-0.4, -0.2) is 31.7 Å². The molecule has 0 fully saturated rings. The Kier molecular flexibility index (Phi) is 8.87. The number of ether oxygens (including phenoxy) is 2. The van der Waals surface area contributed by atoms with Crippen LogP contribution in [0.1, 0.15) is 15.9 Å². The van der Waals surface area contributed by atoms with Crippen LogP contribution in [-0.2, 0) is 4.79 Å². The highest BCUT2D eigenvalue weighted by molar-refractivity contribution is 9.11. The molecule has 0 aromatic heterocycles. The average Bonchev–Trinajstić information content (AvgIpc) is 2.80.